The van der Waals surface area contributed by atoms with Gasteiger partial charge in [-0.2, -0.15) is 0 Å². The summed E-state index contributed by atoms with van der Waals surface area (Å²) in [6, 6.07) is 13.4. The highest BCUT2D eigenvalue weighted by atomic mass is 79.9. The van der Waals surface area contributed by atoms with Gasteiger partial charge < -0.3 is 18.9 Å². The van der Waals surface area contributed by atoms with Crippen LogP contribution in [0.5, 0.6) is 11.5 Å². The molecule has 2 aromatic carbocycles. The summed E-state index contributed by atoms with van der Waals surface area (Å²) >= 11 is 3.48. The highest BCUT2D eigenvalue weighted by Gasteiger charge is 2.56. The number of anilines is 1. The van der Waals surface area contributed by atoms with Crippen LogP contribution in [0.1, 0.15) is 39.5 Å². The van der Waals surface area contributed by atoms with Crippen LogP contribution in [0.2, 0.25) is 0 Å². The number of benzene rings is 2. The number of carbonyl (C=O) groups is 1. The molecule has 0 bridgehead atoms. The lowest BCUT2D eigenvalue weighted by Crippen LogP contribution is -2.47. The first-order valence-corrected chi connectivity index (χ1v) is 10.8. The van der Waals surface area contributed by atoms with Crippen molar-refractivity contribution >= 4 is 40.0 Å². The Morgan fingerprint density at radius 3 is 2.21 bits per heavy atom. The van der Waals surface area contributed by atoms with E-state index >= 15 is 0 Å². The second-order valence-electron chi connectivity index (χ2n) is 7.16. The standard InChI is InChI=1S/C22H27BBrNO4/c1-5-7-15-22(6-2)21(26)25(20-18(27-3)9-8-10-19(20)28-4)23(29-22)16-11-13-17(24)14-12-16/h8-14H,5-7,15H2,1-4H3. The molecule has 1 atom stereocenters. The Morgan fingerprint density at radius 1 is 1.07 bits per heavy atom. The molecule has 29 heavy (non-hydrogen) atoms. The monoisotopic (exact) mass is 459 g/mol. The highest BCUT2D eigenvalue weighted by Crippen LogP contribution is 2.44. The normalized spacial score (nSPS) is 19.0. The van der Waals surface area contributed by atoms with Crippen molar-refractivity contribution in [1.29, 1.82) is 0 Å². The number of ether oxygens (including phenoxy) is 2. The Kier molecular flexibility index (Phi) is 6.91. The molecule has 1 unspecified atom stereocenters. The molecule has 1 aliphatic heterocycles. The molecular formula is C22H27BBrNO4. The summed E-state index contributed by atoms with van der Waals surface area (Å²) in [5, 5.41) is 0. The summed E-state index contributed by atoms with van der Waals surface area (Å²) < 4.78 is 18.7. The van der Waals surface area contributed by atoms with Crippen molar-refractivity contribution in [3.8, 4) is 11.5 Å². The molecule has 0 N–H and O–H groups in total. The summed E-state index contributed by atoms with van der Waals surface area (Å²) in [6.45, 7) is 4.13. The van der Waals surface area contributed by atoms with Gasteiger partial charge in [0.15, 0.2) is 0 Å². The fourth-order valence-corrected chi connectivity index (χ4v) is 4.08. The molecule has 1 saturated heterocycles. The lowest BCUT2D eigenvalue weighted by atomic mass is 9.71. The molecule has 1 heterocycles. The summed E-state index contributed by atoms with van der Waals surface area (Å²) in [5.74, 6) is 1.10. The Labute approximate surface area is 181 Å². The number of hydrogen-bond acceptors (Lipinski definition) is 4. The third-order valence-electron chi connectivity index (χ3n) is 5.48. The van der Waals surface area contributed by atoms with Gasteiger partial charge in [0, 0.05) is 4.47 Å². The van der Waals surface area contributed by atoms with E-state index in [9.17, 15) is 4.79 Å². The van der Waals surface area contributed by atoms with E-state index in [1.165, 1.54) is 0 Å². The first-order valence-electron chi connectivity index (χ1n) is 9.99. The molecule has 3 rings (SSSR count). The number of para-hydroxylation sites is 1. The molecular weight excluding hydrogens is 433 g/mol. The molecule has 0 saturated carbocycles. The van der Waals surface area contributed by atoms with Crippen LogP contribution in [0.15, 0.2) is 46.9 Å². The van der Waals surface area contributed by atoms with E-state index < -0.39 is 12.7 Å². The van der Waals surface area contributed by atoms with E-state index in [1.807, 2.05) is 49.4 Å². The maximum Gasteiger partial charge on any atom is 0.460 e. The van der Waals surface area contributed by atoms with Gasteiger partial charge in [-0.25, -0.2) is 0 Å². The molecule has 5 nitrogen and oxygen atoms in total. The zero-order chi connectivity index (χ0) is 21.0. The fraction of sp³-hybridized carbons (Fsp3) is 0.409. The number of unbranched alkanes of at least 4 members (excludes halogenated alkanes) is 1. The Bertz CT molecular complexity index is 838. The maximum atomic E-state index is 13.8. The van der Waals surface area contributed by atoms with Gasteiger partial charge in [0.25, 0.3) is 0 Å². The molecule has 154 valence electrons. The first-order chi connectivity index (χ1) is 14.0. The van der Waals surface area contributed by atoms with Gasteiger partial charge in [-0.15, -0.1) is 0 Å². The van der Waals surface area contributed by atoms with Crippen LogP contribution in [0, 0.1) is 0 Å². The molecule has 1 aliphatic rings. The SMILES string of the molecule is CCCCC1(CC)OB(c2ccc(Br)cc2)N(c2c(OC)cccc2OC)C1=O. The lowest BCUT2D eigenvalue weighted by Gasteiger charge is -2.27. The quantitative estimate of drug-likeness (QED) is 0.542. The molecule has 1 fully saturated rings. The van der Waals surface area contributed by atoms with Gasteiger partial charge in [0.2, 0.25) is 5.91 Å². The third kappa shape index (κ3) is 4.03. The molecule has 2 aromatic rings. The van der Waals surface area contributed by atoms with Crippen LogP contribution in [0.3, 0.4) is 0 Å². The Morgan fingerprint density at radius 2 is 1.69 bits per heavy atom. The maximum absolute atomic E-state index is 13.8. The second kappa shape index (κ2) is 9.22. The average Bonchev–Trinajstić information content (AvgIpc) is 3.04. The zero-order valence-electron chi connectivity index (χ0n) is 17.4. The predicted octanol–water partition coefficient (Wildman–Crippen LogP) is 4.56. The van der Waals surface area contributed by atoms with Crippen molar-refractivity contribution in [3.05, 3.63) is 46.9 Å². The fourth-order valence-electron chi connectivity index (χ4n) is 3.81. The van der Waals surface area contributed by atoms with Gasteiger partial charge in [-0.1, -0.05) is 60.8 Å². The van der Waals surface area contributed by atoms with Gasteiger partial charge in [-0.3, -0.25) is 4.79 Å². The van der Waals surface area contributed by atoms with E-state index in [0.29, 0.717) is 30.0 Å². The number of methoxy groups -OCH3 is 2. The topological polar surface area (TPSA) is 48.0 Å². The Balaban J connectivity index is 2.17. The van der Waals surface area contributed by atoms with Crippen molar-refractivity contribution in [1.82, 2.24) is 0 Å². The second-order valence-corrected chi connectivity index (χ2v) is 8.08. The number of nitrogens with zero attached hydrogens (tertiary/aromatic N) is 1. The van der Waals surface area contributed by atoms with Crippen LogP contribution in [0.4, 0.5) is 5.69 Å². The van der Waals surface area contributed by atoms with Gasteiger partial charge in [-0.05, 0) is 42.6 Å². The van der Waals surface area contributed by atoms with Crippen LogP contribution in [0.25, 0.3) is 0 Å². The van der Waals surface area contributed by atoms with Crippen LogP contribution >= 0.6 is 15.9 Å². The lowest BCUT2D eigenvalue weighted by molar-refractivity contribution is -0.130. The zero-order valence-corrected chi connectivity index (χ0v) is 19.0. The van der Waals surface area contributed by atoms with E-state index in [1.54, 1.807) is 19.0 Å². The predicted molar refractivity (Wildman–Crippen MR) is 120 cm³/mol. The first kappa shape index (κ1) is 21.7. The average molecular weight is 460 g/mol. The summed E-state index contributed by atoms with van der Waals surface area (Å²) in [7, 11) is 2.63. The van der Waals surface area contributed by atoms with Crippen molar-refractivity contribution in [3.63, 3.8) is 0 Å². The number of halogens is 1. The third-order valence-corrected chi connectivity index (χ3v) is 6.01. The van der Waals surface area contributed by atoms with E-state index in [0.717, 1.165) is 22.8 Å². The van der Waals surface area contributed by atoms with Gasteiger partial charge in [0.05, 0.1) is 14.2 Å². The van der Waals surface area contributed by atoms with Crippen LogP contribution < -0.4 is 19.7 Å². The van der Waals surface area contributed by atoms with Gasteiger partial charge in [0.1, 0.15) is 22.8 Å². The van der Waals surface area contributed by atoms with Crippen molar-refractivity contribution in [2.45, 2.75) is 45.1 Å². The van der Waals surface area contributed by atoms with E-state index in [-0.39, 0.29) is 5.91 Å². The van der Waals surface area contributed by atoms with Gasteiger partial charge >= 0.3 is 7.05 Å². The van der Waals surface area contributed by atoms with Crippen molar-refractivity contribution in [2.24, 2.45) is 0 Å². The smallest absolute Gasteiger partial charge is 0.460 e. The summed E-state index contributed by atoms with van der Waals surface area (Å²) in [4.78, 5) is 15.5. The minimum absolute atomic E-state index is 0.0517. The van der Waals surface area contributed by atoms with E-state index in [2.05, 4.69) is 22.9 Å². The minimum Gasteiger partial charge on any atom is -0.494 e. The van der Waals surface area contributed by atoms with Crippen molar-refractivity contribution in [2.75, 3.05) is 19.0 Å². The molecule has 7 heteroatoms. The molecule has 0 aliphatic carbocycles. The molecule has 0 spiro atoms. The van der Waals surface area contributed by atoms with E-state index in [4.69, 9.17) is 14.1 Å². The number of amides is 1. The molecule has 1 amide bonds. The largest absolute Gasteiger partial charge is 0.494 e. The van der Waals surface area contributed by atoms with Crippen LogP contribution in [-0.4, -0.2) is 32.8 Å². The molecule has 0 aromatic heterocycles. The Hall–Kier alpha value is -1.99. The summed E-state index contributed by atoms with van der Waals surface area (Å²) in [6.07, 6.45) is 3.20. The number of hydrogen-bond donors (Lipinski definition) is 0. The highest BCUT2D eigenvalue weighted by molar-refractivity contribution is 9.10. The number of rotatable bonds is 8. The van der Waals surface area contributed by atoms with Crippen molar-refractivity contribution < 1.29 is 18.9 Å². The number of carbonyl (C=O) groups excluding carboxylic acids is 1. The minimum atomic E-state index is -0.861. The summed E-state index contributed by atoms with van der Waals surface area (Å²) in [5.41, 5.74) is 0.642. The molecule has 0 radical (unpaired) electrons. The van der Waals surface area contributed by atoms with Crippen LogP contribution in [-0.2, 0) is 9.45 Å².